The van der Waals surface area contributed by atoms with Crippen molar-refractivity contribution < 1.29 is 14.7 Å². The number of carboxylic acids is 1. The van der Waals surface area contributed by atoms with E-state index in [2.05, 4.69) is 0 Å². The lowest BCUT2D eigenvalue weighted by Crippen LogP contribution is -2.40. The minimum absolute atomic E-state index is 0.174. The van der Waals surface area contributed by atoms with Gasteiger partial charge in [-0.25, -0.2) is 0 Å². The highest BCUT2D eigenvalue weighted by Gasteiger charge is 2.28. The Labute approximate surface area is 118 Å². The third-order valence-corrected chi connectivity index (χ3v) is 4.51. The average Bonchev–Trinajstić information content (AvgIpc) is 2.67. The van der Waals surface area contributed by atoms with E-state index in [1.165, 1.54) is 0 Å². The first kappa shape index (κ1) is 13.6. The van der Waals surface area contributed by atoms with Gasteiger partial charge in [0.1, 0.15) is 4.34 Å². The molecule has 0 bridgehead atoms. The molecule has 0 radical (unpaired) electrons. The molecule has 0 atom stereocenters. The Kier molecular flexibility index (Phi) is 4.14. The maximum Gasteiger partial charge on any atom is 0.306 e. The molecule has 0 saturated carbocycles. The number of carbonyl (C=O) groups excluding carboxylic acids is 1. The molecule has 1 N–H and O–H groups in total. The van der Waals surface area contributed by atoms with Crippen LogP contribution in [0.2, 0.25) is 8.67 Å². The van der Waals surface area contributed by atoms with Crippen molar-refractivity contribution in [2.24, 2.45) is 5.92 Å². The number of thiophene rings is 1. The Bertz CT molecular complexity index is 481. The number of carboxylic acid groups (broad SMARTS) is 1. The molecule has 98 valence electrons. The van der Waals surface area contributed by atoms with Crippen molar-refractivity contribution in [1.29, 1.82) is 0 Å². The van der Waals surface area contributed by atoms with Crippen LogP contribution in [0.1, 0.15) is 23.2 Å². The number of rotatable bonds is 2. The molecule has 18 heavy (non-hydrogen) atoms. The van der Waals surface area contributed by atoms with Crippen LogP contribution in [-0.2, 0) is 4.79 Å². The van der Waals surface area contributed by atoms with Crippen LogP contribution >= 0.6 is 34.5 Å². The summed E-state index contributed by atoms with van der Waals surface area (Å²) in [4.78, 5) is 24.6. The lowest BCUT2D eigenvalue weighted by Gasteiger charge is -2.30. The van der Waals surface area contributed by atoms with Crippen LogP contribution < -0.4 is 0 Å². The summed E-state index contributed by atoms with van der Waals surface area (Å²) in [7, 11) is 0. The number of amides is 1. The fraction of sp³-hybridized carbons (Fsp3) is 0.455. The van der Waals surface area contributed by atoms with Gasteiger partial charge in [0.2, 0.25) is 0 Å². The quantitative estimate of drug-likeness (QED) is 0.913. The van der Waals surface area contributed by atoms with Crippen molar-refractivity contribution in [3.63, 3.8) is 0 Å². The lowest BCUT2D eigenvalue weighted by molar-refractivity contribution is -0.143. The molecule has 1 fully saturated rings. The summed E-state index contributed by atoms with van der Waals surface area (Å²) in [6.45, 7) is 0.888. The second-order valence-electron chi connectivity index (χ2n) is 4.14. The second-order valence-corrected chi connectivity index (χ2v) is 6.43. The van der Waals surface area contributed by atoms with E-state index in [9.17, 15) is 9.59 Å². The number of piperidine rings is 1. The second kappa shape index (κ2) is 5.47. The molecule has 0 aromatic carbocycles. The highest BCUT2D eigenvalue weighted by atomic mass is 35.5. The van der Waals surface area contributed by atoms with Crippen LogP contribution in [0.5, 0.6) is 0 Å². The van der Waals surface area contributed by atoms with E-state index >= 15 is 0 Å². The van der Waals surface area contributed by atoms with Gasteiger partial charge >= 0.3 is 5.97 Å². The fourth-order valence-corrected chi connectivity index (χ4v) is 3.43. The molecule has 2 rings (SSSR count). The Morgan fingerprint density at radius 1 is 1.33 bits per heavy atom. The van der Waals surface area contributed by atoms with Crippen molar-refractivity contribution in [3.05, 3.63) is 20.3 Å². The number of aliphatic carboxylic acids is 1. The molecule has 2 heterocycles. The molecule has 1 aliphatic heterocycles. The SMILES string of the molecule is O=C(O)C1CCN(C(=O)c2cc(Cl)sc2Cl)CC1. The summed E-state index contributed by atoms with van der Waals surface area (Å²) in [5, 5.41) is 8.89. The Morgan fingerprint density at radius 2 is 1.94 bits per heavy atom. The molecular weight excluding hydrogens is 297 g/mol. The van der Waals surface area contributed by atoms with Gasteiger partial charge in [-0.2, -0.15) is 0 Å². The van der Waals surface area contributed by atoms with Gasteiger partial charge in [0.05, 0.1) is 15.8 Å². The van der Waals surface area contributed by atoms with Crippen LogP contribution in [0.15, 0.2) is 6.07 Å². The lowest BCUT2D eigenvalue weighted by atomic mass is 9.97. The summed E-state index contributed by atoms with van der Waals surface area (Å²) >= 11 is 12.9. The molecule has 0 aliphatic carbocycles. The largest absolute Gasteiger partial charge is 0.481 e. The number of carbonyl (C=O) groups is 2. The predicted octanol–water partition coefficient (Wildman–Crippen LogP) is 2.99. The third-order valence-electron chi connectivity index (χ3n) is 3.02. The summed E-state index contributed by atoms with van der Waals surface area (Å²) in [6.07, 6.45) is 0.965. The van der Waals surface area contributed by atoms with Gasteiger partial charge in [-0.1, -0.05) is 23.2 Å². The monoisotopic (exact) mass is 307 g/mol. The van der Waals surface area contributed by atoms with Gasteiger partial charge in [0.25, 0.3) is 5.91 Å². The summed E-state index contributed by atoms with van der Waals surface area (Å²) in [6, 6.07) is 1.56. The van der Waals surface area contributed by atoms with E-state index in [0.29, 0.717) is 40.2 Å². The molecule has 1 amide bonds. The first-order valence-electron chi connectivity index (χ1n) is 5.46. The zero-order valence-corrected chi connectivity index (χ0v) is 11.7. The molecule has 4 nitrogen and oxygen atoms in total. The van der Waals surface area contributed by atoms with Crippen molar-refractivity contribution >= 4 is 46.4 Å². The van der Waals surface area contributed by atoms with Crippen molar-refractivity contribution in [1.82, 2.24) is 4.90 Å². The number of hydrogen-bond acceptors (Lipinski definition) is 3. The van der Waals surface area contributed by atoms with Gasteiger partial charge < -0.3 is 10.0 Å². The van der Waals surface area contributed by atoms with Crippen molar-refractivity contribution in [2.75, 3.05) is 13.1 Å². The van der Waals surface area contributed by atoms with Gasteiger partial charge in [-0.3, -0.25) is 9.59 Å². The standard InChI is InChI=1S/C11H11Cl2NO3S/c12-8-5-7(9(13)18-8)10(15)14-3-1-6(2-4-14)11(16)17/h5-6H,1-4H2,(H,16,17). The Balaban J connectivity index is 2.04. The predicted molar refractivity (Wildman–Crippen MR) is 70.6 cm³/mol. The van der Waals surface area contributed by atoms with Crippen LogP contribution in [0.3, 0.4) is 0 Å². The average molecular weight is 308 g/mol. The summed E-state index contributed by atoms with van der Waals surface area (Å²) in [5.41, 5.74) is 0.403. The van der Waals surface area contributed by atoms with Gasteiger partial charge in [-0.15, -0.1) is 11.3 Å². The maximum atomic E-state index is 12.2. The van der Waals surface area contributed by atoms with E-state index in [-0.39, 0.29) is 11.8 Å². The van der Waals surface area contributed by atoms with Crippen LogP contribution in [0.4, 0.5) is 0 Å². The molecule has 7 heteroatoms. The third kappa shape index (κ3) is 2.79. The number of hydrogen-bond donors (Lipinski definition) is 1. The highest BCUT2D eigenvalue weighted by Crippen LogP contribution is 2.32. The highest BCUT2D eigenvalue weighted by molar-refractivity contribution is 7.20. The maximum absolute atomic E-state index is 12.2. The van der Waals surface area contributed by atoms with E-state index in [1.807, 2.05) is 0 Å². The molecule has 0 unspecified atom stereocenters. The molecular formula is C11H11Cl2NO3S. The van der Waals surface area contributed by atoms with Crippen LogP contribution in [0, 0.1) is 5.92 Å². The fourth-order valence-electron chi connectivity index (χ4n) is 1.99. The van der Waals surface area contributed by atoms with E-state index < -0.39 is 5.97 Å². The number of halogens is 2. The van der Waals surface area contributed by atoms with Gasteiger partial charge in [0.15, 0.2) is 0 Å². The Hall–Kier alpha value is -0.780. The summed E-state index contributed by atoms with van der Waals surface area (Å²) in [5.74, 6) is -1.32. The first-order chi connectivity index (χ1) is 8.49. The van der Waals surface area contributed by atoms with Gasteiger partial charge in [0, 0.05) is 13.1 Å². The minimum atomic E-state index is -0.793. The number of likely N-dealkylation sites (tertiary alicyclic amines) is 1. The van der Waals surface area contributed by atoms with Crippen LogP contribution in [-0.4, -0.2) is 35.0 Å². The summed E-state index contributed by atoms with van der Waals surface area (Å²) < 4.78 is 0.856. The first-order valence-corrected chi connectivity index (χ1v) is 7.03. The van der Waals surface area contributed by atoms with Crippen molar-refractivity contribution in [3.8, 4) is 0 Å². The molecule has 0 spiro atoms. The van der Waals surface area contributed by atoms with E-state index in [4.69, 9.17) is 28.3 Å². The van der Waals surface area contributed by atoms with Gasteiger partial charge in [-0.05, 0) is 18.9 Å². The van der Waals surface area contributed by atoms with Crippen molar-refractivity contribution in [2.45, 2.75) is 12.8 Å². The van der Waals surface area contributed by atoms with Crippen LogP contribution in [0.25, 0.3) is 0 Å². The van der Waals surface area contributed by atoms with E-state index in [0.717, 1.165) is 11.3 Å². The molecule has 1 saturated heterocycles. The topological polar surface area (TPSA) is 57.6 Å². The number of nitrogens with zero attached hydrogens (tertiary/aromatic N) is 1. The smallest absolute Gasteiger partial charge is 0.306 e. The Morgan fingerprint density at radius 3 is 2.39 bits per heavy atom. The molecule has 1 aliphatic rings. The molecule has 1 aromatic rings. The molecule has 1 aromatic heterocycles. The van der Waals surface area contributed by atoms with E-state index in [1.54, 1.807) is 11.0 Å². The minimum Gasteiger partial charge on any atom is -0.481 e. The zero-order valence-electron chi connectivity index (χ0n) is 9.36. The zero-order chi connectivity index (χ0) is 13.3. The normalized spacial score (nSPS) is 16.9.